The number of amides is 1. The number of pyridine rings is 1. The lowest BCUT2D eigenvalue weighted by Crippen LogP contribution is -2.68. The van der Waals surface area contributed by atoms with Gasteiger partial charge in [-0.15, -0.1) is 15.6 Å². The zero-order valence-electron chi connectivity index (χ0n) is 23.7. The molecule has 3 aromatic rings. The average molecular weight is 638 g/mol. The van der Waals surface area contributed by atoms with Crippen LogP contribution in [0, 0.1) is 5.92 Å². The number of nitrogens with zero attached hydrogens (tertiary/aromatic N) is 6. The molecular weight excluding hydrogens is 604 g/mol. The summed E-state index contributed by atoms with van der Waals surface area (Å²) in [5.74, 6) is -1.14. The van der Waals surface area contributed by atoms with Gasteiger partial charge in [-0.2, -0.15) is 18.0 Å². The van der Waals surface area contributed by atoms with Crippen LogP contribution in [0.25, 0.3) is 5.82 Å². The number of β-lactam (4-membered cyclic amide) rings is 1. The molecule has 16 nitrogen and oxygen atoms in total. The Balaban J connectivity index is 1.37. The minimum Gasteiger partial charge on any atom is -0.488 e. The zero-order chi connectivity index (χ0) is 31.4. The summed E-state index contributed by atoms with van der Waals surface area (Å²) in [6.45, 7) is 6.17. The van der Waals surface area contributed by atoms with Gasteiger partial charge in [0.2, 0.25) is 12.1 Å². The second-order valence-corrected chi connectivity index (χ2v) is 12.2. The molecule has 0 spiro atoms. The minimum atomic E-state index is -4.92. The molecule has 43 heavy (non-hydrogen) atoms. The fourth-order valence-electron chi connectivity index (χ4n) is 4.22. The highest BCUT2D eigenvalue weighted by atomic mass is 32.3. The monoisotopic (exact) mass is 637 g/mol. The summed E-state index contributed by atoms with van der Waals surface area (Å²) < 4.78 is 45.1. The number of imidazole rings is 1. The molecule has 4 rings (SSSR count). The van der Waals surface area contributed by atoms with E-state index in [0.717, 1.165) is 24.3 Å². The van der Waals surface area contributed by atoms with Crippen molar-refractivity contribution in [2.24, 2.45) is 16.8 Å². The molecule has 18 heteroatoms. The van der Waals surface area contributed by atoms with Crippen molar-refractivity contribution in [2.75, 3.05) is 18.9 Å². The minimum absolute atomic E-state index is 0.0733. The first-order valence-corrected chi connectivity index (χ1v) is 15.4. The topological polar surface area (TPSA) is 218 Å². The van der Waals surface area contributed by atoms with Gasteiger partial charge < -0.3 is 21.0 Å². The number of thiazole rings is 1. The molecular formula is C25H33N8O8S2+. The third-order valence-corrected chi connectivity index (χ3v) is 7.58. The Morgan fingerprint density at radius 1 is 1.35 bits per heavy atom. The predicted octanol–water partition coefficient (Wildman–Crippen LogP) is 0.666. The van der Waals surface area contributed by atoms with Gasteiger partial charge in [-0.05, 0) is 39.8 Å². The lowest BCUT2D eigenvalue weighted by molar-refractivity contribution is -0.696. The normalized spacial score (nSPS) is 17.4. The van der Waals surface area contributed by atoms with Gasteiger partial charge in [0.15, 0.2) is 22.7 Å². The highest BCUT2D eigenvalue weighted by Crippen LogP contribution is 2.40. The van der Waals surface area contributed by atoms with E-state index in [-0.39, 0.29) is 29.6 Å². The second-order valence-electron chi connectivity index (χ2n) is 10.3. The van der Waals surface area contributed by atoms with Gasteiger partial charge in [-0.3, -0.25) is 14.1 Å². The Hall–Kier alpha value is -3.97. The van der Waals surface area contributed by atoms with Crippen LogP contribution in [0.5, 0.6) is 5.75 Å². The number of hydrogen-bond acceptors (Lipinski definition) is 13. The number of oxime groups is 1. The largest absolute Gasteiger partial charge is 0.488 e. The number of Topliss-reactive ketones (excluding diaryl/α,β-unsaturated/α-hetero) is 1. The maximum absolute atomic E-state index is 13.3. The highest BCUT2D eigenvalue weighted by molar-refractivity contribution is 7.80. The third-order valence-electron chi connectivity index (χ3n) is 6.57. The molecule has 0 bridgehead atoms. The Bertz CT molecular complexity index is 1590. The van der Waals surface area contributed by atoms with Gasteiger partial charge in [-0.1, -0.05) is 5.16 Å². The molecule has 0 radical (unpaired) electrons. The van der Waals surface area contributed by atoms with Crippen molar-refractivity contribution in [3.05, 3.63) is 48.1 Å². The van der Waals surface area contributed by atoms with E-state index in [9.17, 15) is 18.0 Å². The SMILES string of the molecule is C[C@@H](COc1ccc(-n2cc[n+](CCCN)c2)nc1)O/N=C(\C(=O)C[C@@H]1C(=O)N(OS(=O)(=O)O)C1(C)C)c1csc(N)n1. The standard InChI is InChI=1S/C25H32N8O8S2/c1-16(13-39-17-5-6-21(28-12-17)32-10-9-31(15-32)8-4-7-26)40-30-22(19-14-42-24(27)29-19)20(34)11-18-23(35)33(25(18,2)3)41-43(36,37)38/h5-6,9-10,12,14-16,18H,4,7-8,11,13,26H2,1-3H3,(H2-,27,29,36,37,38)/p+1/b30-22-/t16-,18+/m0/s1. The van der Waals surface area contributed by atoms with Gasteiger partial charge in [0.1, 0.15) is 30.4 Å². The van der Waals surface area contributed by atoms with Crippen LogP contribution in [0.2, 0.25) is 0 Å². The van der Waals surface area contributed by atoms with Crippen molar-refractivity contribution in [1.82, 2.24) is 19.6 Å². The molecule has 1 aliphatic rings. The number of ether oxygens (including phenoxy) is 1. The molecule has 0 unspecified atom stereocenters. The first-order chi connectivity index (χ1) is 20.3. The van der Waals surface area contributed by atoms with Crippen LogP contribution < -0.4 is 20.8 Å². The molecule has 0 aromatic carbocycles. The summed E-state index contributed by atoms with van der Waals surface area (Å²) >= 11 is 1.09. The lowest BCUT2D eigenvalue weighted by atomic mass is 9.74. The molecule has 3 aromatic heterocycles. The van der Waals surface area contributed by atoms with Crippen LogP contribution in [0.4, 0.5) is 5.13 Å². The van der Waals surface area contributed by atoms with Gasteiger partial charge in [0.05, 0.1) is 24.2 Å². The van der Waals surface area contributed by atoms with E-state index in [0.29, 0.717) is 23.2 Å². The molecule has 5 N–H and O–H groups in total. The fourth-order valence-corrected chi connectivity index (χ4v) is 5.22. The number of aryl methyl sites for hydroxylation is 1. The van der Waals surface area contributed by atoms with Crippen molar-refractivity contribution in [3.8, 4) is 11.6 Å². The number of hydroxylamine groups is 2. The van der Waals surface area contributed by atoms with Gasteiger partial charge in [-0.25, -0.2) is 14.5 Å². The Labute approximate surface area is 251 Å². The number of ketones is 1. The first-order valence-electron chi connectivity index (χ1n) is 13.1. The highest BCUT2D eigenvalue weighted by Gasteiger charge is 2.57. The summed E-state index contributed by atoms with van der Waals surface area (Å²) in [6.07, 6.45) is 7.25. The lowest BCUT2D eigenvalue weighted by Gasteiger charge is -2.50. The third kappa shape index (κ3) is 7.90. The van der Waals surface area contributed by atoms with Crippen molar-refractivity contribution in [3.63, 3.8) is 0 Å². The number of nitrogens with two attached hydrogens (primary N) is 2. The summed E-state index contributed by atoms with van der Waals surface area (Å²) in [6, 6.07) is 3.57. The second kappa shape index (κ2) is 13.1. The zero-order valence-corrected chi connectivity index (χ0v) is 25.3. The number of carbonyl (C=O) groups excluding carboxylic acids is 2. The number of aromatic nitrogens is 4. The van der Waals surface area contributed by atoms with E-state index in [1.54, 1.807) is 25.3 Å². The van der Waals surface area contributed by atoms with E-state index in [1.807, 2.05) is 27.9 Å². The smallest absolute Gasteiger partial charge is 0.418 e. The predicted molar refractivity (Wildman–Crippen MR) is 153 cm³/mol. The number of anilines is 1. The van der Waals surface area contributed by atoms with Crippen molar-refractivity contribution >= 4 is 44.3 Å². The van der Waals surface area contributed by atoms with Crippen LogP contribution in [0.3, 0.4) is 0 Å². The average Bonchev–Trinajstić information content (AvgIpc) is 3.61. The summed E-state index contributed by atoms with van der Waals surface area (Å²) in [5.41, 5.74) is 10.1. The molecule has 1 fully saturated rings. The maximum atomic E-state index is 13.3. The number of rotatable bonds is 15. The summed E-state index contributed by atoms with van der Waals surface area (Å²) in [5, 5.41) is 6.24. The van der Waals surface area contributed by atoms with Gasteiger partial charge >= 0.3 is 10.4 Å². The number of nitrogen functional groups attached to an aromatic ring is 1. The molecule has 0 aliphatic carbocycles. The van der Waals surface area contributed by atoms with Crippen molar-refractivity contribution < 1.29 is 41.0 Å². The van der Waals surface area contributed by atoms with Crippen LogP contribution in [0.1, 0.15) is 39.3 Å². The van der Waals surface area contributed by atoms with Gasteiger partial charge in [0.25, 0.3) is 5.91 Å². The molecule has 1 amide bonds. The van der Waals surface area contributed by atoms with Gasteiger partial charge in [0, 0.05) is 17.9 Å². The summed E-state index contributed by atoms with van der Waals surface area (Å²) in [4.78, 5) is 39.8. The number of hydrogen-bond donors (Lipinski definition) is 3. The Morgan fingerprint density at radius 3 is 2.72 bits per heavy atom. The van der Waals surface area contributed by atoms with E-state index in [4.69, 9.17) is 25.6 Å². The Kier molecular flexibility index (Phi) is 9.75. The van der Waals surface area contributed by atoms with Crippen LogP contribution in [0.15, 0.2) is 47.6 Å². The van der Waals surface area contributed by atoms with E-state index >= 15 is 0 Å². The van der Waals surface area contributed by atoms with Crippen LogP contribution >= 0.6 is 11.3 Å². The van der Waals surface area contributed by atoms with E-state index in [1.165, 1.54) is 19.2 Å². The van der Waals surface area contributed by atoms with E-state index in [2.05, 4.69) is 19.4 Å². The molecule has 0 saturated carbocycles. The molecule has 4 heterocycles. The van der Waals surface area contributed by atoms with Crippen LogP contribution in [-0.4, -0.2) is 74.8 Å². The molecule has 1 saturated heterocycles. The van der Waals surface area contributed by atoms with E-state index < -0.39 is 39.7 Å². The first kappa shape index (κ1) is 32.0. The molecule has 1 aliphatic heterocycles. The number of carbonyl (C=O) groups is 2. The quantitative estimate of drug-likeness (QED) is 0.0688. The molecule has 232 valence electrons. The summed E-state index contributed by atoms with van der Waals surface area (Å²) in [7, 11) is -4.92. The maximum Gasteiger partial charge on any atom is 0.418 e. The fraction of sp³-hybridized carbons (Fsp3) is 0.440. The van der Waals surface area contributed by atoms with Crippen molar-refractivity contribution in [1.29, 1.82) is 0 Å². The molecule has 2 atom stereocenters. The van der Waals surface area contributed by atoms with Crippen LogP contribution in [-0.2, 0) is 35.7 Å². The Morgan fingerprint density at radius 2 is 2.12 bits per heavy atom. The van der Waals surface area contributed by atoms with Crippen molar-refractivity contribution in [2.45, 2.75) is 51.8 Å².